The van der Waals surface area contributed by atoms with Crippen LogP contribution < -0.4 is 0 Å². The van der Waals surface area contributed by atoms with Gasteiger partial charge < -0.3 is 0 Å². The van der Waals surface area contributed by atoms with Crippen LogP contribution in [0.25, 0.3) is 0 Å². The Labute approximate surface area is 42.3 Å². The summed E-state index contributed by atoms with van der Waals surface area (Å²) in [4.78, 5) is 0. The molecular formula is C5H11S+. The minimum absolute atomic E-state index is 0.828. The lowest BCUT2D eigenvalue weighted by Crippen LogP contribution is -2.32. The molecule has 1 saturated heterocycles. The van der Waals surface area contributed by atoms with Gasteiger partial charge in [-0.05, 0) is 10.9 Å². The molecule has 1 aliphatic rings. The first-order chi connectivity index (χ1) is 2.79. The molecule has 1 rings (SSSR count). The first-order valence-corrected chi connectivity index (χ1v) is 4.35. The molecule has 0 radical (unpaired) electrons. The smallest absolute Gasteiger partial charge is 0.0535 e. The largest absolute Gasteiger partial charge is 0.114 e. The van der Waals surface area contributed by atoms with Gasteiger partial charge in [-0.3, -0.25) is 0 Å². The van der Waals surface area contributed by atoms with Crippen LogP contribution in [0.2, 0.25) is 0 Å². The van der Waals surface area contributed by atoms with E-state index in [1.165, 1.54) is 11.5 Å². The van der Waals surface area contributed by atoms with Crippen LogP contribution in [-0.4, -0.2) is 17.8 Å². The molecule has 0 aliphatic carbocycles. The molecule has 0 atom stereocenters. The minimum atomic E-state index is 0.828. The summed E-state index contributed by atoms with van der Waals surface area (Å²) in [7, 11) is 0.828. The minimum Gasteiger partial charge on any atom is -0.0535 e. The summed E-state index contributed by atoms with van der Waals surface area (Å²) in [6.07, 6.45) is 2.35. The third-order valence-corrected chi connectivity index (χ3v) is 3.41. The topological polar surface area (TPSA) is 0 Å². The van der Waals surface area contributed by atoms with E-state index in [-0.39, 0.29) is 0 Å². The van der Waals surface area contributed by atoms with Gasteiger partial charge in [0.25, 0.3) is 0 Å². The van der Waals surface area contributed by atoms with E-state index in [2.05, 4.69) is 13.2 Å². The van der Waals surface area contributed by atoms with Crippen molar-refractivity contribution in [3.8, 4) is 0 Å². The SMILES string of the molecule is CC1C[S+](C)C1. The zero-order valence-corrected chi connectivity index (χ0v) is 5.22. The van der Waals surface area contributed by atoms with E-state index in [0.717, 1.165) is 16.8 Å². The molecule has 1 aliphatic heterocycles. The van der Waals surface area contributed by atoms with Gasteiger partial charge in [-0.25, -0.2) is 0 Å². The molecule has 0 aromatic heterocycles. The molecule has 1 fully saturated rings. The fourth-order valence-electron chi connectivity index (χ4n) is 0.923. The van der Waals surface area contributed by atoms with Crippen LogP contribution in [0.15, 0.2) is 0 Å². The Morgan fingerprint density at radius 2 is 2.00 bits per heavy atom. The van der Waals surface area contributed by atoms with Gasteiger partial charge in [0.15, 0.2) is 0 Å². The van der Waals surface area contributed by atoms with Crippen LogP contribution in [-0.2, 0) is 10.9 Å². The lowest BCUT2D eigenvalue weighted by Gasteiger charge is -2.18. The molecule has 0 nitrogen and oxygen atoms in total. The van der Waals surface area contributed by atoms with Crippen molar-refractivity contribution in [1.29, 1.82) is 0 Å². The Balaban J connectivity index is 2.11. The van der Waals surface area contributed by atoms with Crippen LogP contribution >= 0.6 is 0 Å². The average Bonchev–Trinajstić information content (AvgIpc) is 1.33. The molecule has 36 valence electrons. The highest BCUT2D eigenvalue weighted by molar-refractivity contribution is 7.97. The van der Waals surface area contributed by atoms with Gasteiger partial charge in [-0.2, -0.15) is 0 Å². The van der Waals surface area contributed by atoms with E-state index in [1.54, 1.807) is 0 Å². The monoisotopic (exact) mass is 103 g/mol. The van der Waals surface area contributed by atoms with Crippen molar-refractivity contribution in [1.82, 2.24) is 0 Å². The molecule has 6 heavy (non-hydrogen) atoms. The number of hydrogen-bond acceptors (Lipinski definition) is 0. The molecule has 0 aromatic carbocycles. The standard InChI is InChI=1S/C5H11S/c1-5-3-6(2)4-5/h5H,3-4H2,1-2H3/q+1. The number of rotatable bonds is 0. The van der Waals surface area contributed by atoms with Crippen LogP contribution in [0, 0.1) is 5.92 Å². The second-order valence-corrected chi connectivity index (χ2v) is 4.45. The highest BCUT2D eigenvalue weighted by atomic mass is 32.2. The van der Waals surface area contributed by atoms with Crippen molar-refractivity contribution in [2.45, 2.75) is 6.92 Å². The van der Waals surface area contributed by atoms with Gasteiger partial charge in [-0.1, -0.05) is 6.92 Å². The summed E-state index contributed by atoms with van der Waals surface area (Å²) in [6.45, 7) is 2.33. The Bertz CT molecular complexity index is 39.9. The molecule has 0 aromatic rings. The normalized spacial score (nSPS) is 45.0. The van der Waals surface area contributed by atoms with Crippen molar-refractivity contribution >= 4 is 10.9 Å². The molecule has 0 bridgehead atoms. The lowest BCUT2D eigenvalue weighted by molar-refractivity contribution is 0.712. The van der Waals surface area contributed by atoms with Crippen molar-refractivity contribution in [2.24, 2.45) is 5.92 Å². The average molecular weight is 103 g/mol. The second kappa shape index (κ2) is 1.45. The Morgan fingerprint density at radius 1 is 1.50 bits per heavy atom. The van der Waals surface area contributed by atoms with E-state index < -0.39 is 0 Å². The fraction of sp³-hybridized carbons (Fsp3) is 1.00. The van der Waals surface area contributed by atoms with Crippen molar-refractivity contribution in [3.63, 3.8) is 0 Å². The zero-order chi connectivity index (χ0) is 4.57. The van der Waals surface area contributed by atoms with Gasteiger partial charge in [-0.15, -0.1) is 0 Å². The first-order valence-electron chi connectivity index (χ1n) is 2.38. The van der Waals surface area contributed by atoms with Gasteiger partial charge in [0.05, 0.1) is 6.26 Å². The maximum Gasteiger partial charge on any atom is 0.114 e. The summed E-state index contributed by atoms with van der Waals surface area (Å²) in [5.74, 6) is 4.05. The van der Waals surface area contributed by atoms with Gasteiger partial charge in [0.2, 0.25) is 0 Å². The van der Waals surface area contributed by atoms with Crippen molar-refractivity contribution in [3.05, 3.63) is 0 Å². The van der Waals surface area contributed by atoms with Gasteiger partial charge in [0.1, 0.15) is 11.5 Å². The van der Waals surface area contributed by atoms with E-state index in [4.69, 9.17) is 0 Å². The van der Waals surface area contributed by atoms with E-state index in [0.29, 0.717) is 0 Å². The zero-order valence-electron chi connectivity index (χ0n) is 4.40. The van der Waals surface area contributed by atoms with E-state index in [1.807, 2.05) is 0 Å². The summed E-state index contributed by atoms with van der Waals surface area (Å²) in [5, 5.41) is 0. The predicted molar refractivity (Wildman–Crippen MR) is 32.2 cm³/mol. The third kappa shape index (κ3) is 0.700. The lowest BCUT2D eigenvalue weighted by atomic mass is 10.2. The summed E-state index contributed by atoms with van der Waals surface area (Å²) >= 11 is 0. The quantitative estimate of drug-likeness (QED) is 0.399. The van der Waals surface area contributed by atoms with E-state index in [9.17, 15) is 0 Å². The molecule has 0 saturated carbocycles. The molecule has 0 amide bonds. The Morgan fingerprint density at radius 3 is 2.00 bits per heavy atom. The van der Waals surface area contributed by atoms with E-state index >= 15 is 0 Å². The summed E-state index contributed by atoms with van der Waals surface area (Å²) in [5.41, 5.74) is 0. The highest BCUT2D eigenvalue weighted by Gasteiger charge is 2.29. The van der Waals surface area contributed by atoms with Crippen LogP contribution in [0.3, 0.4) is 0 Å². The first kappa shape index (κ1) is 4.51. The summed E-state index contributed by atoms with van der Waals surface area (Å²) < 4.78 is 0. The highest BCUT2D eigenvalue weighted by Crippen LogP contribution is 2.16. The Hall–Kier alpha value is 0.350. The molecule has 0 unspecified atom stereocenters. The van der Waals surface area contributed by atoms with Crippen LogP contribution in [0.5, 0.6) is 0 Å². The molecule has 0 N–H and O–H groups in total. The van der Waals surface area contributed by atoms with Crippen molar-refractivity contribution in [2.75, 3.05) is 17.8 Å². The number of hydrogen-bond donors (Lipinski definition) is 0. The predicted octanol–water partition coefficient (Wildman–Crippen LogP) is 0.884. The molecule has 1 heterocycles. The van der Waals surface area contributed by atoms with Gasteiger partial charge in [0, 0.05) is 5.92 Å². The van der Waals surface area contributed by atoms with Crippen LogP contribution in [0.1, 0.15) is 6.92 Å². The fourth-order valence-corrected chi connectivity index (χ4v) is 2.77. The van der Waals surface area contributed by atoms with Crippen molar-refractivity contribution < 1.29 is 0 Å². The second-order valence-electron chi connectivity index (χ2n) is 2.22. The Kier molecular flexibility index (Phi) is 1.09. The van der Waals surface area contributed by atoms with Crippen LogP contribution in [0.4, 0.5) is 0 Å². The van der Waals surface area contributed by atoms with Gasteiger partial charge >= 0.3 is 0 Å². The maximum atomic E-state index is 2.35. The summed E-state index contributed by atoms with van der Waals surface area (Å²) in [6, 6.07) is 0. The molecular weight excluding hydrogens is 92.1 g/mol. The molecule has 0 spiro atoms. The third-order valence-electron chi connectivity index (χ3n) is 1.14. The molecule has 1 heteroatoms. The maximum absolute atomic E-state index is 2.35.